The van der Waals surface area contributed by atoms with E-state index in [-0.39, 0.29) is 5.75 Å². The van der Waals surface area contributed by atoms with Gasteiger partial charge in [0, 0.05) is 12.6 Å². The van der Waals surface area contributed by atoms with Gasteiger partial charge >= 0.3 is 0 Å². The second kappa shape index (κ2) is 6.45. The molecule has 15 heavy (non-hydrogen) atoms. The van der Waals surface area contributed by atoms with E-state index in [0.717, 1.165) is 25.8 Å². The van der Waals surface area contributed by atoms with Crippen molar-refractivity contribution in [1.82, 2.24) is 10.0 Å². The van der Waals surface area contributed by atoms with E-state index in [1.165, 1.54) is 12.8 Å². The van der Waals surface area contributed by atoms with Gasteiger partial charge in [-0.25, -0.2) is 13.1 Å². The van der Waals surface area contributed by atoms with Crippen molar-refractivity contribution in [1.29, 1.82) is 0 Å². The summed E-state index contributed by atoms with van der Waals surface area (Å²) < 4.78 is 25.5. The largest absolute Gasteiger partial charge is 0.314 e. The van der Waals surface area contributed by atoms with E-state index < -0.39 is 10.0 Å². The van der Waals surface area contributed by atoms with Crippen LogP contribution in [0.4, 0.5) is 0 Å². The van der Waals surface area contributed by atoms with Gasteiger partial charge in [-0.1, -0.05) is 13.3 Å². The molecule has 0 aliphatic carbocycles. The van der Waals surface area contributed by atoms with E-state index in [1.54, 1.807) is 0 Å². The molecular formula is C10H22N2O2S. The lowest BCUT2D eigenvalue weighted by atomic mass is 10.2. The first-order valence-electron chi connectivity index (χ1n) is 5.85. The van der Waals surface area contributed by atoms with E-state index in [9.17, 15) is 8.42 Å². The summed E-state index contributed by atoms with van der Waals surface area (Å²) in [6.07, 6.45) is 4.97. The Morgan fingerprint density at radius 2 is 2.27 bits per heavy atom. The molecule has 0 aromatic rings. The summed E-state index contributed by atoms with van der Waals surface area (Å²) in [5.41, 5.74) is 0. The summed E-state index contributed by atoms with van der Waals surface area (Å²) in [5, 5.41) is 3.35. The van der Waals surface area contributed by atoms with Crippen LogP contribution in [0.25, 0.3) is 0 Å². The van der Waals surface area contributed by atoms with Crippen molar-refractivity contribution in [3.05, 3.63) is 0 Å². The Bertz CT molecular complexity index is 259. The molecule has 5 heteroatoms. The van der Waals surface area contributed by atoms with Crippen LogP contribution in [-0.4, -0.2) is 33.3 Å². The molecule has 0 spiro atoms. The second-order valence-electron chi connectivity index (χ2n) is 4.15. The maximum absolute atomic E-state index is 11.4. The quantitative estimate of drug-likeness (QED) is 0.686. The van der Waals surface area contributed by atoms with Crippen molar-refractivity contribution < 1.29 is 8.42 Å². The average Bonchev–Trinajstić information content (AvgIpc) is 2.67. The smallest absolute Gasteiger partial charge is 0.211 e. The number of hydrogen-bond donors (Lipinski definition) is 2. The molecular weight excluding hydrogens is 212 g/mol. The Kier molecular flexibility index (Phi) is 5.56. The fourth-order valence-electron chi connectivity index (χ4n) is 1.80. The minimum Gasteiger partial charge on any atom is -0.314 e. The third-order valence-corrected chi connectivity index (χ3v) is 4.21. The van der Waals surface area contributed by atoms with Crippen LogP contribution >= 0.6 is 0 Å². The fraction of sp³-hybridized carbons (Fsp3) is 1.00. The fourth-order valence-corrected chi connectivity index (χ4v) is 3.04. The molecule has 0 amide bonds. The highest BCUT2D eigenvalue weighted by molar-refractivity contribution is 7.89. The molecule has 1 heterocycles. The van der Waals surface area contributed by atoms with Gasteiger partial charge in [0.25, 0.3) is 0 Å². The molecule has 0 radical (unpaired) electrons. The van der Waals surface area contributed by atoms with E-state index in [4.69, 9.17) is 0 Å². The van der Waals surface area contributed by atoms with E-state index in [2.05, 4.69) is 10.0 Å². The van der Waals surface area contributed by atoms with Crippen molar-refractivity contribution in [3.63, 3.8) is 0 Å². The number of sulfonamides is 1. The molecule has 1 fully saturated rings. The molecule has 2 N–H and O–H groups in total. The summed E-state index contributed by atoms with van der Waals surface area (Å²) in [6.45, 7) is 3.65. The first-order valence-corrected chi connectivity index (χ1v) is 7.50. The lowest BCUT2D eigenvalue weighted by Crippen LogP contribution is -2.31. The molecule has 1 aliphatic rings. The number of hydrogen-bond acceptors (Lipinski definition) is 3. The summed E-state index contributed by atoms with van der Waals surface area (Å²) in [7, 11) is -3.01. The van der Waals surface area contributed by atoms with Crippen molar-refractivity contribution in [2.75, 3.05) is 18.8 Å². The molecule has 1 rings (SSSR count). The highest BCUT2D eigenvalue weighted by atomic mass is 32.2. The van der Waals surface area contributed by atoms with Gasteiger partial charge in [0.2, 0.25) is 10.0 Å². The minimum absolute atomic E-state index is 0.265. The zero-order chi connectivity index (χ0) is 11.1. The Morgan fingerprint density at radius 3 is 2.87 bits per heavy atom. The summed E-state index contributed by atoms with van der Waals surface area (Å²) >= 11 is 0. The Labute approximate surface area is 92.9 Å². The maximum Gasteiger partial charge on any atom is 0.211 e. The van der Waals surface area contributed by atoms with Crippen LogP contribution < -0.4 is 10.0 Å². The van der Waals surface area contributed by atoms with Gasteiger partial charge in [0.15, 0.2) is 0 Å². The summed E-state index contributed by atoms with van der Waals surface area (Å²) in [6, 6.07) is 0.513. The predicted molar refractivity (Wildman–Crippen MR) is 62.3 cm³/mol. The van der Waals surface area contributed by atoms with Gasteiger partial charge in [-0.2, -0.15) is 0 Å². The van der Waals surface area contributed by atoms with Crippen LogP contribution in [0, 0.1) is 0 Å². The highest BCUT2D eigenvalue weighted by Crippen LogP contribution is 2.07. The van der Waals surface area contributed by atoms with Gasteiger partial charge in [-0.3, -0.25) is 0 Å². The monoisotopic (exact) mass is 234 g/mol. The molecule has 1 atom stereocenters. The van der Waals surface area contributed by atoms with E-state index >= 15 is 0 Å². The molecule has 0 saturated carbocycles. The van der Waals surface area contributed by atoms with Crippen LogP contribution in [0.1, 0.15) is 39.0 Å². The summed E-state index contributed by atoms with van der Waals surface area (Å²) in [5.74, 6) is 0.265. The second-order valence-corrected chi connectivity index (χ2v) is 6.08. The molecule has 0 aromatic heterocycles. The topological polar surface area (TPSA) is 58.2 Å². The van der Waals surface area contributed by atoms with Gasteiger partial charge in [-0.15, -0.1) is 0 Å². The maximum atomic E-state index is 11.4. The number of nitrogens with one attached hydrogen (secondary N) is 2. The predicted octanol–water partition coefficient (Wildman–Crippen LogP) is 0.848. The normalized spacial score (nSPS) is 22.1. The average molecular weight is 234 g/mol. The molecule has 0 aromatic carbocycles. The van der Waals surface area contributed by atoms with Gasteiger partial charge in [-0.05, 0) is 32.2 Å². The molecule has 1 unspecified atom stereocenters. The molecule has 1 saturated heterocycles. The van der Waals surface area contributed by atoms with Crippen LogP contribution in [-0.2, 0) is 10.0 Å². The first-order chi connectivity index (χ1) is 7.14. The van der Waals surface area contributed by atoms with E-state index in [1.807, 2.05) is 6.92 Å². The van der Waals surface area contributed by atoms with Crippen LogP contribution in [0.15, 0.2) is 0 Å². The van der Waals surface area contributed by atoms with Crippen LogP contribution in [0.2, 0.25) is 0 Å². The van der Waals surface area contributed by atoms with Crippen molar-refractivity contribution in [3.8, 4) is 0 Å². The lowest BCUT2D eigenvalue weighted by Gasteiger charge is -2.10. The van der Waals surface area contributed by atoms with Crippen molar-refractivity contribution in [2.45, 2.75) is 45.1 Å². The number of rotatable bonds is 7. The SMILES string of the molecule is CCCCS(=O)(=O)NCCC1CCCN1. The third-order valence-electron chi connectivity index (χ3n) is 2.74. The minimum atomic E-state index is -3.01. The van der Waals surface area contributed by atoms with Gasteiger partial charge in [0.05, 0.1) is 5.75 Å². The lowest BCUT2D eigenvalue weighted by molar-refractivity contribution is 0.538. The molecule has 0 bridgehead atoms. The first kappa shape index (κ1) is 12.9. The van der Waals surface area contributed by atoms with E-state index in [0.29, 0.717) is 12.6 Å². The third kappa shape index (κ3) is 5.49. The van der Waals surface area contributed by atoms with Gasteiger partial charge in [0.1, 0.15) is 0 Å². The van der Waals surface area contributed by atoms with Crippen molar-refractivity contribution in [2.24, 2.45) is 0 Å². The van der Waals surface area contributed by atoms with Crippen molar-refractivity contribution >= 4 is 10.0 Å². The standard InChI is InChI=1S/C10H22N2O2S/c1-2-3-9-15(13,14)12-8-6-10-5-4-7-11-10/h10-12H,2-9H2,1H3. The molecule has 1 aliphatic heterocycles. The highest BCUT2D eigenvalue weighted by Gasteiger charge is 2.15. The molecule has 4 nitrogen and oxygen atoms in total. The van der Waals surface area contributed by atoms with Crippen LogP contribution in [0.5, 0.6) is 0 Å². The summed E-state index contributed by atoms with van der Waals surface area (Å²) in [4.78, 5) is 0. The number of unbranched alkanes of at least 4 members (excludes halogenated alkanes) is 1. The van der Waals surface area contributed by atoms with Crippen LogP contribution in [0.3, 0.4) is 0 Å². The Morgan fingerprint density at radius 1 is 1.47 bits per heavy atom. The zero-order valence-electron chi connectivity index (χ0n) is 9.46. The molecule has 90 valence electrons. The zero-order valence-corrected chi connectivity index (χ0v) is 10.3. The Balaban J connectivity index is 2.12. The Hall–Kier alpha value is -0.130. The van der Waals surface area contributed by atoms with Gasteiger partial charge < -0.3 is 5.32 Å².